The SMILES string of the molecule is O=C(O)CC1CCCN(Cc2ccc(O)cc2O)C1. The van der Waals surface area contributed by atoms with Crippen LogP contribution in [0.25, 0.3) is 0 Å². The lowest BCUT2D eigenvalue weighted by Crippen LogP contribution is -2.35. The van der Waals surface area contributed by atoms with Crippen LogP contribution in [0, 0.1) is 5.92 Å². The highest BCUT2D eigenvalue weighted by Crippen LogP contribution is 2.26. The fraction of sp³-hybridized carbons (Fsp3) is 0.500. The van der Waals surface area contributed by atoms with Gasteiger partial charge in [-0.05, 0) is 31.4 Å². The number of rotatable bonds is 4. The number of nitrogens with zero attached hydrogens (tertiary/aromatic N) is 1. The van der Waals surface area contributed by atoms with Crippen molar-refractivity contribution in [3.05, 3.63) is 23.8 Å². The minimum absolute atomic E-state index is 0.0450. The third kappa shape index (κ3) is 3.86. The largest absolute Gasteiger partial charge is 0.508 e. The van der Waals surface area contributed by atoms with Gasteiger partial charge in [0.25, 0.3) is 0 Å². The number of hydrogen-bond acceptors (Lipinski definition) is 4. The molecule has 0 spiro atoms. The summed E-state index contributed by atoms with van der Waals surface area (Å²) in [6.07, 6.45) is 2.14. The first-order valence-corrected chi connectivity index (χ1v) is 6.49. The third-order valence-electron chi connectivity index (χ3n) is 3.53. The second kappa shape index (κ2) is 5.93. The molecule has 1 aromatic rings. The van der Waals surface area contributed by atoms with E-state index in [0.29, 0.717) is 6.54 Å². The summed E-state index contributed by atoms with van der Waals surface area (Å²) in [5.74, 6) is -0.436. The van der Waals surface area contributed by atoms with Gasteiger partial charge in [-0.3, -0.25) is 9.69 Å². The average Bonchev–Trinajstić information content (AvgIpc) is 2.32. The number of piperidine rings is 1. The molecule has 1 saturated heterocycles. The van der Waals surface area contributed by atoms with Gasteiger partial charge in [-0.15, -0.1) is 0 Å². The van der Waals surface area contributed by atoms with Crippen molar-refractivity contribution in [1.29, 1.82) is 0 Å². The molecule has 19 heavy (non-hydrogen) atoms. The van der Waals surface area contributed by atoms with E-state index in [0.717, 1.165) is 31.5 Å². The Bertz CT molecular complexity index is 461. The molecule has 5 nitrogen and oxygen atoms in total. The summed E-state index contributed by atoms with van der Waals surface area (Å²) in [6.45, 7) is 2.24. The Morgan fingerprint density at radius 2 is 2.16 bits per heavy atom. The lowest BCUT2D eigenvalue weighted by molar-refractivity contribution is -0.138. The van der Waals surface area contributed by atoms with E-state index in [9.17, 15) is 15.0 Å². The molecule has 1 aliphatic rings. The number of aromatic hydroxyl groups is 2. The predicted octanol–water partition coefficient (Wildman–Crippen LogP) is 1.78. The smallest absolute Gasteiger partial charge is 0.303 e. The van der Waals surface area contributed by atoms with Gasteiger partial charge < -0.3 is 15.3 Å². The molecule has 0 aromatic heterocycles. The van der Waals surface area contributed by atoms with E-state index in [1.807, 2.05) is 0 Å². The first-order chi connectivity index (χ1) is 9.04. The van der Waals surface area contributed by atoms with Gasteiger partial charge in [-0.2, -0.15) is 0 Å². The van der Waals surface area contributed by atoms with Crippen molar-refractivity contribution >= 4 is 5.97 Å². The first-order valence-electron chi connectivity index (χ1n) is 6.49. The van der Waals surface area contributed by atoms with Gasteiger partial charge in [-0.25, -0.2) is 0 Å². The number of carboxylic acid groups (broad SMARTS) is 1. The molecule has 1 heterocycles. The van der Waals surface area contributed by atoms with Crippen molar-refractivity contribution in [2.45, 2.75) is 25.8 Å². The van der Waals surface area contributed by atoms with E-state index in [-0.39, 0.29) is 23.8 Å². The summed E-state index contributed by atoms with van der Waals surface area (Å²) in [5, 5.41) is 27.8. The summed E-state index contributed by atoms with van der Waals surface area (Å²) in [7, 11) is 0. The van der Waals surface area contributed by atoms with E-state index in [2.05, 4.69) is 4.90 Å². The quantitative estimate of drug-likeness (QED) is 0.773. The minimum atomic E-state index is -0.751. The molecule has 1 fully saturated rings. The molecule has 2 rings (SSSR count). The summed E-state index contributed by atoms with van der Waals surface area (Å²) in [4.78, 5) is 12.9. The zero-order chi connectivity index (χ0) is 13.8. The highest BCUT2D eigenvalue weighted by atomic mass is 16.4. The zero-order valence-electron chi connectivity index (χ0n) is 10.7. The fourth-order valence-corrected chi connectivity index (χ4v) is 2.64. The van der Waals surface area contributed by atoms with Crippen molar-refractivity contribution in [2.24, 2.45) is 5.92 Å². The molecule has 1 atom stereocenters. The summed E-state index contributed by atoms with van der Waals surface area (Å²) >= 11 is 0. The van der Waals surface area contributed by atoms with Gasteiger partial charge in [0.1, 0.15) is 11.5 Å². The minimum Gasteiger partial charge on any atom is -0.508 e. The monoisotopic (exact) mass is 265 g/mol. The van der Waals surface area contributed by atoms with Crippen LogP contribution in [-0.2, 0) is 11.3 Å². The van der Waals surface area contributed by atoms with Crippen LogP contribution in [0.1, 0.15) is 24.8 Å². The maximum absolute atomic E-state index is 10.7. The van der Waals surface area contributed by atoms with E-state index in [4.69, 9.17) is 5.11 Å². The van der Waals surface area contributed by atoms with Crippen LogP contribution in [0.15, 0.2) is 18.2 Å². The Balaban J connectivity index is 1.96. The van der Waals surface area contributed by atoms with Crippen LogP contribution < -0.4 is 0 Å². The van der Waals surface area contributed by atoms with Crippen LogP contribution in [0.4, 0.5) is 0 Å². The maximum Gasteiger partial charge on any atom is 0.303 e. The van der Waals surface area contributed by atoms with Gasteiger partial charge in [0.2, 0.25) is 0 Å². The van der Waals surface area contributed by atoms with Crippen LogP contribution in [0.3, 0.4) is 0 Å². The van der Waals surface area contributed by atoms with Gasteiger partial charge in [0.15, 0.2) is 0 Å². The Labute approximate surface area is 112 Å². The number of likely N-dealkylation sites (tertiary alicyclic amines) is 1. The molecule has 0 saturated carbocycles. The number of phenols is 2. The van der Waals surface area contributed by atoms with E-state index >= 15 is 0 Å². The number of benzene rings is 1. The molecule has 1 aliphatic heterocycles. The van der Waals surface area contributed by atoms with Crippen molar-refractivity contribution in [2.75, 3.05) is 13.1 Å². The van der Waals surface area contributed by atoms with Crippen LogP contribution in [0.5, 0.6) is 11.5 Å². The molecule has 1 unspecified atom stereocenters. The fourth-order valence-electron chi connectivity index (χ4n) is 2.64. The second-order valence-corrected chi connectivity index (χ2v) is 5.15. The van der Waals surface area contributed by atoms with Crippen molar-refractivity contribution < 1.29 is 20.1 Å². The Hall–Kier alpha value is -1.75. The van der Waals surface area contributed by atoms with Crippen molar-refractivity contribution in [3.63, 3.8) is 0 Å². The second-order valence-electron chi connectivity index (χ2n) is 5.15. The average molecular weight is 265 g/mol. The molecule has 1 aromatic carbocycles. The number of hydrogen-bond donors (Lipinski definition) is 3. The van der Waals surface area contributed by atoms with Crippen LogP contribution in [0.2, 0.25) is 0 Å². The molecule has 3 N–H and O–H groups in total. The number of aliphatic carboxylic acids is 1. The Kier molecular flexibility index (Phi) is 4.27. The number of carbonyl (C=O) groups is 1. The van der Waals surface area contributed by atoms with E-state index in [1.54, 1.807) is 12.1 Å². The summed E-state index contributed by atoms with van der Waals surface area (Å²) in [6, 6.07) is 4.58. The van der Waals surface area contributed by atoms with E-state index < -0.39 is 5.97 Å². The number of carboxylic acids is 1. The van der Waals surface area contributed by atoms with Gasteiger partial charge in [0.05, 0.1) is 0 Å². The molecular weight excluding hydrogens is 246 g/mol. The van der Waals surface area contributed by atoms with Crippen molar-refractivity contribution in [1.82, 2.24) is 4.90 Å². The lowest BCUT2D eigenvalue weighted by Gasteiger charge is -2.32. The van der Waals surface area contributed by atoms with Crippen LogP contribution >= 0.6 is 0 Å². The molecule has 104 valence electrons. The third-order valence-corrected chi connectivity index (χ3v) is 3.53. The maximum atomic E-state index is 10.7. The van der Waals surface area contributed by atoms with Gasteiger partial charge in [0, 0.05) is 31.1 Å². The number of phenolic OH excluding ortho intramolecular Hbond substituents is 2. The van der Waals surface area contributed by atoms with Crippen molar-refractivity contribution in [3.8, 4) is 11.5 Å². The highest BCUT2D eigenvalue weighted by molar-refractivity contribution is 5.67. The molecule has 0 radical (unpaired) electrons. The van der Waals surface area contributed by atoms with Gasteiger partial charge >= 0.3 is 5.97 Å². The topological polar surface area (TPSA) is 81.0 Å². The molecule has 0 amide bonds. The summed E-state index contributed by atoms with van der Waals surface area (Å²) in [5.41, 5.74) is 0.758. The summed E-state index contributed by atoms with van der Waals surface area (Å²) < 4.78 is 0. The standard InChI is InChI=1S/C14H19NO4/c16-12-4-3-11(13(17)7-12)9-15-5-1-2-10(8-15)6-14(18)19/h3-4,7,10,16-17H,1-2,5-6,8-9H2,(H,18,19). The van der Waals surface area contributed by atoms with Crippen LogP contribution in [-0.4, -0.2) is 39.3 Å². The Morgan fingerprint density at radius 1 is 1.37 bits per heavy atom. The predicted molar refractivity (Wildman–Crippen MR) is 70.0 cm³/mol. The first kappa shape index (κ1) is 13.7. The van der Waals surface area contributed by atoms with E-state index in [1.165, 1.54) is 6.07 Å². The zero-order valence-corrected chi connectivity index (χ0v) is 10.7. The molecule has 5 heteroatoms. The van der Waals surface area contributed by atoms with Gasteiger partial charge in [-0.1, -0.05) is 6.07 Å². The Morgan fingerprint density at radius 3 is 2.84 bits per heavy atom. The lowest BCUT2D eigenvalue weighted by atomic mass is 9.94. The molecule has 0 aliphatic carbocycles. The molecule has 0 bridgehead atoms. The molecular formula is C14H19NO4. The highest BCUT2D eigenvalue weighted by Gasteiger charge is 2.22. The normalized spacial score (nSPS) is 20.3.